The topological polar surface area (TPSA) is 47.1 Å². The van der Waals surface area contributed by atoms with Crippen molar-refractivity contribution in [3.05, 3.63) is 48.2 Å². The Hall–Kier alpha value is -1.81. The molecule has 1 aromatic heterocycles. The van der Waals surface area contributed by atoms with Crippen molar-refractivity contribution in [2.75, 3.05) is 18.8 Å². The van der Waals surface area contributed by atoms with Crippen LogP contribution in [0, 0.1) is 0 Å². The van der Waals surface area contributed by atoms with E-state index in [-0.39, 0.29) is 0 Å². The second-order valence-electron chi connectivity index (χ2n) is 4.71. The maximum absolute atomic E-state index is 5.60. The van der Waals surface area contributed by atoms with Crippen molar-refractivity contribution in [2.24, 2.45) is 0 Å². The van der Waals surface area contributed by atoms with Crippen LogP contribution in [0.3, 0.4) is 0 Å². The number of anilines is 1. The van der Waals surface area contributed by atoms with E-state index >= 15 is 0 Å². The van der Waals surface area contributed by atoms with Crippen molar-refractivity contribution in [3.63, 3.8) is 0 Å². The molecule has 0 fully saturated rings. The summed E-state index contributed by atoms with van der Waals surface area (Å²) in [6.07, 6.45) is 3.02. The van der Waals surface area contributed by atoms with Crippen molar-refractivity contribution >= 4 is 5.82 Å². The Bertz CT molecular complexity index is 478. The van der Waals surface area contributed by atoms with Gasteiger partial charge in [0.15, 0.2) is 0 Å². The van der Waals surface area contributed by atoms with Gasteiger partial charge in [0.1, 0.15) is 5.82 Å². The molecule has 2 aromatic rings. The molecule has 0 radical (unpaired) electrons. The summed E-state index contributed by atoms with van der Waals surface area (Å²) in [5, 5.41) is 4.19. The summed E-state index contributed by atoms with van der Waals surface area (Å²) >= 11 is 0. The van der Waals surface area contributed by atoms with Crippen LogP contribution in [0.4, 0.5) is 5.82 Å². The molecule has 2 rings (SSSR count). The average Bonchev–Trinajstić information content (AvgIpc) is 2.84. The number of nitrogens with zero attached hydrogens (tertiary/aromatic N) is 3. The number of nitrogens with two attached hydrogens (primary N) is 1. The number of hydrogen-bond acceptors (Lipinski definition) is 3. The Balaban J connectivity index is 1.76. The number of aryl methyl sites for hydroxylation is 1. The van der Waals surface area contributed by atoms with Gasteiger partial charge in [-0.1, -0.05) is 37.3 Å². The van der Waals surface area contributed by atoms with Crippen LogP contribution in [0.2, 0.25) is 0 Å². The maximum Gasteiger partial charge on any atom is 0.145 e. The lowest BCUT2D eigenvalue weighted by atomic mass is 10.2. The largest absolute Gasteiger partial charge is 0.382 e. The molecule has 0 aliphatic heterocycles. The summed E-state index contributed by atoms with van der Waals surface area (Å²) in [4.78, 5) is 2.45. The van der Waals surface area contributed by atoms with E-state index in [9.17, 15) is 0 Å². The third kappa shape index (κ3) is 4.41. The van der Waals surface area contributed by atoms with Gasteiger partial charge in [-0.2, -0.15) is 5.10 Å². The van der Waals surface area contributed by atoms with Crippen molar-refractivity contribution in [2.45, 2.75) is 26.4 Å². The Morgan fingerprint density at radius 3 is 2.63 bits per heavy atom. The summed E-state index contributed by atoms with van der Waals surface area (Å²) in [6, 6.07) is 12.4. The number of aromatic nitrogens is 2. The molecule has 0 aliphatic carbocycles. The smallest absolute Gasteiger partial charge is 0.145 e. The summed E-state index contributed by atoms with van der Waals surface area (Å²) in [5.74, 6) is 0.594. The zero-order valence-electron chi connectivity index (χ0n) is 11.5. The van der Waals surface area contributed by atoms with Gasteiger partial charge >= 0.3 is 0 Å². The first kappa shape index (κ1) is 13.6. The van der Waals surface area contributed by atoms with Crippen molar-refractivity contribution < 1.29 is 0 Å². The van der Waals surface area contributed by atoms with Crippen molar-refractivity contribution in [1.29, 1.82) is 0 Å². The van der Waals surface area contributed by atoms with Crippen LogP contribution in [-0.4, -0.2) is 27.8 Å². The zero-order chi connectivity index (χ0) is 13.5. The molecule has 19 heavy (non-hydrogen) atoms. The molecule has 0 saturated heterocycles. The maximum atomic E-state index is 5.60. The lowest BCUT2D eigenvalue weighted by Gasteiger charge is -2.20. The highest BCUT2D eigenvalue weighted by Gasteiger charge is 2.03. The van der Waals surface area contributed by atoms with E-state index in [1.807, 2.05) is 16.9 Å². The molecule has 0 saturated carbocycles. The average molecular weight is 258 g/mol. The SMILES string of the molecule is CCN(CCCn1ccc(N)n1)Cc1ccccc1. The first-order chi connectivity index (χ1) is 9.28. The van der Waals surface area contributed by atoms with Gasteiger partial charge in [-0.15, -0.1) is 0 Å². The van der Waals surface area contributed by atoms with Crippen LogP contribution in [0.25, 0.3) is 0 Å². The quantitative estimate of drug-likeness (QED) is 0.829. The van der Waals surface area contributed by atoms with Crippen LogP contribution in [-0.2, 0) is 13.1 Å². The molecular formula is C15H22N4. The van der Waals surface area contributed by atoms with Crippen LogP contribution in [0.5, 0.6) is 0 Å². The molecule has 1 heterocycles. The number of benzene rings is 1. The Kier molecular flexibility index (Phi) is 4.98. The minimum atomic E-state index is 0.594. The van der Waals surface area contributed by atoms with Gasteiger partial charge in [-0.3, -0.25) is 9.58 Å². The third-order valence-electron chi connectivity index (χ3n) is 3.22. The fraction of sp³-hybridized carbons (Fsp3) is 0.400. The van der Waals surface area contributed by atoms with E-state index in [0.717, 1.165) is 32.6 Å². The van der Waals surface area contributed by atoms with Gasteiger partial charge in [-0.25, -0.2) is 0 Å². The van der Waals surface area contributed by atoms with Crippen LogP contribution in [0.15, 0.2) is 42.6 Å². The number of nitrogen functional groups attached to an aromatic ring is 1. The molecule has 0 aliphatic rings. The summed E-state index contributed by atoms with van der Waals surface area (Å²) in [5.41, 5.74) is 6.96. The van der Waals surface area contributed by atoms with Crippen LogP contribution in [0.1, 0.15) is 18.9 Å². The third-order valence-corrected chi connectivity index (χ3v) is 3.22. The lowest BCUT2D eigenvalue weighted by Crippen LogP contribution is -2.25. The molecule has 0 bridgehead atoms. The molecule has 0 atom stereocenters. The van der Waals surface area contributed by atoms with Crippen molar-refractivity contribution in [3.8, 4) is 0 Å². The van der Waals surface area contributed by atoms with E-state index in [4.69, 9.17) is 5.73 Å². The summed E-state index contributed by atoms with van der Waals surface area (Å²) < 4.78 is 1.91. The predicted octanol–water partition coefficient (Wildman–Crippen LogP) is 2.38. The second-order valence-corrected chi connectivity index (χ2v) is 4.71. The molecule has 4 nitrogen and oxygen atoms in total. The number of hydrogen-bond donors (Lipinski definition) is 1. The molecule has 102 valence electrons. The van der Waals surface area contributed by atoms with Gasteiger partial charge in [-0.05, 0) is 24.6 Å². The highest BCUT2D eigenvalue weighted by molar-refractivity contribution is 5.23. The lowest BCUT2D eigenvalue weighted by molar-refractivity contribution is 0.269. The fourth-order valence-corrected chi connectivity index (χ4v) is 2.15. The zero-order valence-corrected chi connectivity index (χ0v) is 11.5. The van der Waals surface area contributed by atoms with Crippen LogP contribution < -0.4 is 5.73 Å². The van der Waals surface area contributed by atoms with Crippen molar-refractivity contribution in [1.82, 2.24) is 14.7 Å². The standard InChI is InChI=1S/C15H22N4/c1-2-18(13-14-7-4-3-5-8-14)10-6-11-19-12-9-15(16)17-19/h3-5,7-9,12H,2,6,10-11,13H2,1H3,(H2,16,17). The van der Waals surface area contributed by atoms with Gasteiger partial charge < -0.3 is 5.73 Å². The van der Waals surface area contributed by atoms with E-state index in [2.05, 4.69) is 47.3 Å². The normalized spacial score (nSPS) is 11.1. The van der Waals surface area contributed by atoms with E-state index in [0.29, 0.717) is 5.82 Å². The molecule has 0 spiro atoms. The monoisotopic (exact) mass is 258 g/mol. The molecular weight excluding hydrogens is 236 g/mol. The highest BCUT2D eigenvalue weighted by Crippen LogP contribution is 2.05. The second kappa shape index (κ2) is 6.95. The van der Waals surface area contributed by atoms with Crippen LogP contribution >= 0.6 is 0 Å². The predicted molar refractivity (Wildman–Crippen MR) is 78.6 cm³/mol. The highest BCUT2D eigenvalue weighted by atomic mass is 15.3. The summed E-state index contributed by atoms with van der Waals surface area (Å²) in [7, 11) is 0. The van der Waals surface area contributed by atoms with Gasteiger partial charge in [0.05, 0.1) is 0 Å². The van der Waals surface area contributed by atoms with Gasteiger partial charge in [0, 0.05) is 25.8 Å². The van der Waals surface area contributed by atoms with E-state index < -0.39 is 0 Å². The first-order valence-electron chi connectivity index (χ1n) is 6.83. The first-order valence-corrected chi connectivity index (χ1v) is 6.83. The Labute approximate surface area is 114 Å². The Morgan fingerprint density at radius 2 is 2.00 bits per heavy atom. The molecule has 2 N–H and O–H groups in total. The number of rotatable bonds is 7. The summed E-state index contributed by atoms with van der Waals surface area (Å²) in [6.45, 7) is 6.28. The van der Waals surface area contributed by atoms with Gasteiger partial charge in [0.25, 0.3) is 0 Å². The van der Waals surface area contributed by atoms with E-state index in [1.54, 1.807) is 0 Å². The minimum Gasteiger partial charge on any atom is -0.382 e. The molecule has 0 amide bonds. The molecule has 4 heteroatoms. The fourth-order valence-electron chi connectivity index (χ4n) is 2.15. The Morgan fingerprint density at radius 1 is 1.21 bits per heavy atom. The molecule has 0 unspecified atom stereocenters. The van der Waals surface area contributed by atoms with E-state index in [1.165, 1.54) is 5.56 Å². The minimum absolute atomic E-state index is 0.594. The van der Waals surface area contributed by atoms with Gasteiger partial charge in [0.2, 0.25) is 0 Å². The molecule has 1 aromatic carbocycles.